The second-order valence-corrected chi connectivity index (χ2v) is 3.03. The van der Waals surface area contributed by atoms with Gasteiger partial charge in [-0.25, -0.2) is 0 Å². The Bertz CT molecular complexity index is 80.6. The van der Waals surface area contributed by atoms with E-state index >= 15 is 0 Å². The molecule has 1 aliphatic carbocycles. The van der Waals surface area contributed by atoms with E-state index in [9.17, 15) is 0 Å². The average molecular weight is 126 g/mol. The molecule has 53 valence electrons. The van der Waals surface area contributed by atoms with E-state index in [0.717, 1.165) is 12.3 Å². The maximum Gasteiger partial charge on any atom is 0.00442 e. The Morgan fingerprint density at radius 1 is 1.56 bits per heavy atom. The van der Waals surface area contributed by atoms with Crippen LogP contribution in [0.5, 0.6) is 0 Å². The Balaban J connectivity index is 2.23. The maximum atomic E-state index is 5.77. The quantitative estimate of drug-likeness (QED) is 0.569. The van der Waals surface area contributed by atoms with E-state index < -0.39 is 0 Å². The van der Waals surface area contributed by atoms with Crippen LogP contribution < -0.4 is 5.73 Å². The number of hydrogen-bond acceptors (Lipinski definition) is 1. The lowest BCUT2D eigenvalue weighted by molar-refractivity contribution is 0.365. The van der Waals surface area contributed by atoms with Crippen LogP contribution in [-0.2, 0) is 0 Å². The summed E-state index contributed by atoms with van der Waals surface area (Å²) in [6.07, 6.45) is 7.31. The summed E-state index contributed by atoms with van der Waals surface area (Å²) in [5.41, 5.74) is 5.77. The summed E-state index contributed by atoms with van der Waals surface area (Å²) in [7, 11) is 0. The van der Waals surface area contributed by atoms with Crippen LogP contribution in [0.25, 0.3) is 0 Å². The van der Waals surface area contributed by atoms with E-state index in [1.54, 1.807) is 0 Å². The third-order valence-electron chi connectivity index (χ3n) is 2.18. The first kappa shape index (κ1) is 7.07. The summed E-state index contributed by atoms with van der Waals surface area (Å²) in [5, 5.41) is 0. The predicted octanol–water partition coefficient (Wildman–Crippen LogP) is 1.73. The highest BCUT2D eigenvalue weighted by molar-refractivity contribution is 4.84. The fourth-order valence-corrected chi connectivity index (χ4v) is 1.50. The largest absolute Gasteiger partial charge is 0.328 e. The smallest absolute Gasteiger partial charge is 0.00442 e. The molecule has 1 fully saturated rings. The molecule has 0 aromatic heterocycles. The second-order valence-electron chi connectivity index (χ2n) is 3.03. The molecule has 1 rings (SSSR count). The fraction of sp³-hybridized carbons (Fsp3) is 0.875. The topological polar surface area (TPSA) is 26.0 Å². The Kier molecular flexibility index (Phi) is 2.52. The molecular weight excluding hydrogens is 110 g/mol. The van der Waals surface area contributed by atoms with Crippen molar-refractivity contribution in [3.8, 4) is 0 Å². The molecule has 1 saturated carbocycles. The Morgan fingerprint density at radius 2 is 2.33 bits per heavy atom. The zero-order valence-corrected chi connectivity index (χ0v) is 6.14. The van der Waals surface area contributed by atoms with Crippen LogP contribution in [0.1, 0.15) is 32.6 Å². The lowest BCUT2D eigenvalue weighted by Crippen LogP contribution is -2.27. The van der Waals surface area contributed by atoms with Gasteiger partial charge in [0.2, 0.25) is 0 Å². The standard InChI is InChI=1S/C8H16N/c1-2-7-4-3-5-8(9)6-7/h3,7-8H,2,4-6,9H2,1H3. The number of hydrogen-bond donors (Lipinski definition) is 1. The molecule has 1 aliphatic rings. The zero-order chi connectivity index (χ0) is 6.69. The summed E-state index contributed by atoms with van der Waals surface area (Å²) in [4.78, 5) is 0. The summed E-state index contributed by atoms with van der Waals surface area (Å²) >= 11 is 0. The first-order chi connectivity index (χ1) is 4.33. The van der Waals surface area contributed by atoms with Crippen LogP contribution in [0.2, 0.25) is 0 Å². The predicted molar refractivity (Wildman–Crippen MR) is 39.9 cm³/mol. The van der Waals surface area contributed by atoms with Gasteiger partial charge < -0.3 is 5.73 Å². The van der Waals surface area contributed by atoms with Gasteiger partial charge in [0.1, 0.15) is 0 Å². The summed E-state index contributed by atoms with van der Waals surface area (Å²) in [5.74, 6) is 0.883. The number of nitrogens with two attached hydrogens (primary N) is 1. The van der Waals surface area contributed by atoms with E-state index in [1.165, 1.54) is 19.3 Å². The van der Waals surface area contributed by atoms with Crippen molar-refractivity contribution >= 4 is 0 Å². The van der Waals surface area contributed by atoms with Crippen LogP contribution in [0.3, 0.4) is 0 Å². The van der Waals surface area contributed by atoms with Crippen molar-refractivity contribution in [2.75, 3.05) is 0 Å². The fourth-order valence-electron chi connectivity index (χ4n) is 1.50. The third kappa shape index (κ3) is 1.98. The Hall–Kier alpha value is -0.0400. The first-order valence-corrected chi connectivity index (χ1v) is 3.90. The van der Waals surface area contributed by atoms with Gasteiger partial charge in [-0.3, -0.25) is 0 Å². The van der Waals surface area contributed by atoms with E-state index in [-0.39, 0.29) is 0 Å². The third-order valence-corrected chi connectivity index (χ3v) is 2.18. The molecule has 9 heavy (non-hydrogen) atoms. The Morgan fingerprint density at radius 3 is 2.78 bits per heavy atom. The Labute approximate surface area is 57.6 Å². The molecule has 2 atom stereocenters. The highest BCUT2D eigenvalue weighted by Crippen LogP contribution is 2.24. The van der Waals surface area contributed by atoms with Gasteiger partial charge in [0, 0.05) is 6.04 Å². The summed E-state index contributed by atoms with van der Waals surface area (Å²) in [6.45, 7) is 2.25. The number of rotatable bonds is 1. The van der Waals surface area contributed by atoms with Gasteiger partial charge in [-0.05, 0) is 31.6 Å². The van der Waals surface area contributed by atoms with Crippen LogP contribution >= 0.6 is 0 Å². The molecule has 2 N–H and O–H groups in total. The first-order valence-electron chi connectivity index (χ1n) is 3.90. The van der Waals surface area contributed by atoms with Gasteiger partial charge >= 0.3 is 0 Å². The van der Waals surface area contributed by atoms with Crippen LogP contribution in [0.4, 0.5) is 0 Å². The highest BCUT2D eigenvalue weighted by atomic mass is 14.6. The highest BCUT2D eigenvalue weighted by Gasteiger charge is 2.16. The molecule has 0 heterocycles. The minimum Gasteiger partial charge on any atom is -0.328 e. The van der Waals surface area contributed by atoms with Gasteiger partial charge in [0.15, 0.2) is 0 Å². The van der Waals surface area contributed by atoms with Crippen LogP contribution in [0, 0.1) is 12.3 Å². The maximum absolute atomic E-state index is 5.77. The minimum atomic E-state index is 0.462. The van der Waals surface area contributed by atoms with Crippen molar-refractivity contribution in [3.05, 3.63) is 6.42 Å². The van der Waals surface area contributed by atoms with Gasteiger partial charge in [-0.1, -0.05) is 13.3 Å². The van der Waals surface area contributed by atoms with Crippen molar-refractivity contribution in [2.24, 2.45) is 11.7 Å². The second kappa shape index (κ2) is 3.21. The van der Waals surface area contributed by atoms with Crippen LogP contribution in [-0.4, -0.2) is 6.04 Å². The monoisotopic (exact) mass is 126 g/mol. The molecule has 0 bridgehead atoms. The van der Waals surface area contributed by atoms with Gasteiger partial charge in [0.25, 0.3) is 0 Å². The average Bonchev–Trinajstić information content (AvgIpc) is 1.88. The normalized spacial score (nSPS) is 36.7. The molecule has 0 saturated heterocycles. The molecule has 2 unspecified atom stereocenters. The summed E-state index contributed by atoms with van der Waals surface area (Å²) in [6, 6.07) is 0.462. The van der Waals surface area contributed by atoms with Gasteiger partial charge in [-0.2, -0.15) is 0 Å². The summed E-state index contributed by atoms with van der Waals surface area (Å²) < 4.78 is 0. The van der Waals surface area contributed by atoms with Crippen molar-refractivity contribution in [3.63, 3.8) is 0 Å². The van der Waals surface area contributed by atoms with E-state index in [4.69, 9.17) is 5.73 Å². The van der Waals surface area contributed by atoms with Crippen molar-refractivity contribution in [1.82, 2.24) is 0 Å². The molecule has 1 heteroatoms. The molecular formula is C8H16N. The molecule has 1 radical (unpaired) electrons. The van der Waals surface area contributed by atoms with Gasteiger partial charge in [0.05, 0.1) is 0 Å². The zero-order valence-electron chi connectivity index (χ0n) is 6.14. The molecule has 0 aromatic carbocycles. The van der Waals surface area contributed by atoms with Crippen molar-refractivity contribution in [2.45, 2.75) is 38.6 Å². The minimum absolute atomic E-state index is 0.462. The molecule has 0 aromatic rings. The molecule has 1 nitrogen and oxygen atoms in total. The molecule has 0 amide bonds. The lowest BCUT2D eigenvalue weighted by atomic mass is 9.85. The molecule has 0 spiro atoms. The van der Waals surface area contributed by atoms with Crippen LogP contribution in [0.15, 0.2) is 0 Å². The lowest BCUT2D eigenvalue weighted by Gasteiger charge is -2.24. The van der Waals surface area contributed by atoms with Crippen molar-refractivity contribution in [1.29, 1.82) is 0 Å². The van der Waals surface area contributed by atoms with E-state index in [0.29, 0.717) is 6.04 Å². The van der Waals surface area contributed by atoms with Gasteiger partial charge in [-0.15, -0.1) is 0 Å². The molecule has 0 aliphatic heterocycles. The van der Waals surface area contributed by atoms with E-state index in [1.807, 2.05) is 0 Å². The SMILES string of the molecule is CCC1C[CH]CC(N)C1. The van der Waals surface area contributed by atoms with Crippen molar-refractivity contribution < 1.29 is 0 Å². The van der Waals surface area contributed by atoms with E-state index in [2.05, 4.69) is 13.3 Å².